The first-order valence-corrected chi connectivity index (χ1v) is 17.6. The van der Waals surface area contributed by atoms with Crippen molar-refractivity contribution in [3.63, 3.8) is 0 Å². The standard InChI is InChI=1S/C35H48N8O.C2H6/c1-40-22-24-43(25-23-40)31-12-10-29(11-13-31)34-37-33-16-21-42(26-28-8-4-2-3-5-9-28)27-32(33)35(38-34)36-17-6-7-18-41-19-14-30(39-44)15-20-41;1-2/h2-5,8,10-13,30H,6-7,9,14-27H2,1H3,(H,36,37,38);1-2H3. The van der Waals surface area contributed by atoms with Gasteiger partial charge < -0.3 is 20.0 Å². The first kappa shape index (κ1) is 33.9. The summed E-state index contributed by atoms with van der Waals surface area (Å²) >= 11 is 0. The Bertz CT molecular complexity index is 1340. The number of nitroso groups, excluding NO2 is 1. The highest BCUT2D eigenvalue weighted by atomic mass is 16.3. The maximum absolute atomic E-state index is 10.8. The second-order valence-electron chi connectivity index (χ2n) is 12.8. The van der Waals surface area contributed by atoms with Gasteiger partial charge in [-0.2, -0.15) is 4.91 Å². The number of anilines is 2. The highest BCUT2D eigenvalue weighted by Gasteiger charge is 2.24. The van der Waals surface area contributed by atoms with E-state index in [0.29, 0.717) is 0 Å². The Balaban J connectivity index is 0.00000204. The van der Waals surface area contributed by atoms with Crippen LogP contribution in [0.25, 0.3) is 11.4 Å². The van der Waals surface area contributed by atoms with E-state index in [4.69, 9.17) is 9.97 Å². The first-order chi connectivity index (χ1) is 22.6. The molecule has 0 amide bonds. The van der Waals surface area contributed by atoms with Crippen LogP contribution in [0.4, 0.5) is 11.5 Å². The van der Waals surface area contributed by atoms with E-state index in [1.165, 1.54) is 22.5 Å². The summed E-state index contributed by atoms with van der Waals surface area (Å²) in [6.07, 6.45) is 16.8. The molecule has 6 rings (SSSR count). The van der Waals surface area contributed by atoms with Crippen LogP contribution in [-0.2, 0) is 13.0 Å². The molecule has 2 fully saturated rings. The Morgan fingerprint density at radius 2 is 1.67 bits per heavy atom. The number of likely N-dealkylation sites (tertiary alicyclic amines) is 1. The zero-order valence-corrected chi connectivity index (χ0v) is 28.3. The summed E-state index contributed by atoms with van der Waals surface area (Å²) < 4.78 is 0. The average Bonchev–Trinajstić information content (AvgIpc) is 3.38. The fourth-order valence-corrected chi connectivity index (χ4v) is 6.71. The number of hydrogen-bond acceptors (Lipinski definition) is 9. The van der Waals surface area contributed by atoms with E-state index in [2.05, 4.69) is 91.8 Å². The minimum Gasteiger partial charge on any atom is -0.370 e. The highest BCUT2D eigenvalue weighted by Crippen LogP contribution is 2.29. The average molecular weight is 627 g/mol. The van der Waals surface area contributed by atoms with Gasteiger partial charge in [0.05, 0.1) is 11.7 Å². The molecule has 3 aliphatic heterocycles. The highest BCUT2D eigenvalue weighted by molar-refractivity contribution is 5.63. The summed E-state index contributed by atoms with van der Waals surface area (Å²) in [5.41, 5.74) is 6.22. The summed E-state index contributed by atoms with van der Waals surface area (Å²) in [5.74, 6) is 1.81. The fraction of sp³-hybridized carbons (Fsp3) is 0.568. The van der Waals surface area contributed by atoms with E-state index in [-0.39, 0.29) is 6.04 Å². The molecule has 1 N–H and O–H groups in total. The van der Waals surface area contributed by atoms with Crippen molar-refractivity contribution < 1.29 is 0 Å². The van der Waals surface area contributed by atoms with Crippen molar-refractivity contribution in [1.29, 1.82) is 0 Å². The largest absolute Gasteiger partial charge is 0.370 e. The van der Waals surface area contributed by atoms with E-state index in [1.807, 2.05) is 13.8 Å². The van der Waals surface area contributed by atoms with Crippen molar-refractivity contribution in [2.24, 2.45) is 5.18 Å². The van der Waals surface area contributed by atoms with Crippen LogP contribution in [0, 0.1) is 4.91 Å². The number of fused-ring (bicyclic) bond motifs is 1. The third-order valence-electron chi connectivity index (χ3n) is 9.53. The molecule has 0 unspecified atom stereocenters. The Labute approximate surface area is 276 Å². The number of piperidine rings is 1. The molecule has 9 heteroatoms. The maximum Gasteiger partial charge on any atom is 0.161 e. The third kappa shape index (κ3) is 9.33. The molecule has 4 aliphatic rings. The van der Waals surface area contributed by atoms with Crippen molar-refractivity contribution >= 4 is 11.5 Å². The SMILES string of the molecule is CC.CN1CCN(c2ccc(-c3nc4c(c(NCCCCN5CCC(N=O)CC5)n3)CN(CC3=CC=CC=CC3)CC4)cc2)CC1. The first-order valence-electron chi connectivity index (χ1n) is 17.6. The van der Waals surface area contributed by atoms with Crippen LogP contribution in [0.15, 0.2) is 65.4 Å². The van der Waals surface area contributed by atoms with Gasteiger partial charge in [-0.1, -0.05) is 55.0 Å². The molecule has 0 atom stereocenters. The predicted octanol–water partition coefficient (Wildman–Crippen LogP) is 6.15. The Hall–Kier alpha value is -3.40. The molecule has 46 heavy (non-hydrogen) atoms. The second-order valence-corrected chi connectivity index (χ2v) is 12.8. The number of rotatable bonds is 11. The van der Waals surface area contributed by atoms with Gasteiger partial charge in [0, 0.05) is 88.7 Å². The van der Waals surface area contributed by atoms with Crippen LogP contribution in [0.2, 0.25) is 0 Å². The maximum atomic E-state index is 10.8. The molecule has 4 heterocycles. The summed E-state index contributed by atoms with van der Waals surface area (Å²) in [7, 11) is 2.19. The molecule has 2 aromatic rings. The summed E-state index contributed by atoms with van der Waals surface area (Å²) in [4.78, 5) is 31.0. The van der Waals surface area contributed by atoms with Crippen molar-refractivity contribution in [3.8, 4) is 11.4 Å². The van der Waals surface area contributed by atoms with Crippen LogP contribution < -0.4 is 10.2 Å². The topological polar surface area (TPSA) is 80.2 Å². The molecule has 0 saturated carbocycles. The lowest BCUT2D eigenvalue weighted by molar-refractivity contribution is 0.210. The van der Waals surface area contributed by atoms with Crippen LogP contribution in [0.3, 0.4) is 0 Å². The number of aromatic nitrogens is 2. The van der Waals surface area contributed by atoms with Crippen molar-refractivity contribution in [2.45, 2.75) is 65.0 Å². The van der Waals surface area contributed by atoms with Crippen LogP contribution in [0.1, 0.15) is 57.2 Å². The number of piperazine rings is 1. The minimum atomic E-state index is 0.0142. The lowest BCUT2D eigenvalue weighted by atomic mass is 10.0. The quantitative estimate of drug-likeness (QED) is 0.235. The van der Waals surface area contributed by atoms with Gasteiger partial charge in [0.15, 0.2) is 5.82 Å². The zero-order valence-electron chi connectivity index (χ0n) is 28.3. The smallest absolute Gasteiger partial charge is 0.161 e. The minimum absolute atomic E-state index is 0.0142. The van der Waals surface area contributed by atoms with E-state index in [9.17, 15) is 4.91 Å². The molecule has 0 radical (unpaired) electrons. The molecular weight excluding hydrogens is 572 g/mol. The van der Waals surface area contributed by atoms with Crippen molar-refractivity contribution in [2.75, 3.05) is 82.7 Å². The number of nitrogens with one attached hydrogen (secondary N) is 1. The van der Waals surface area contributed by atoms with Gasteiger partial charge in [-0.15, -0.1) is 0 Å². The molecule has 0 bridgehead atoms. The number of allylic oxidation sites excluding steroid dienone is 5. The van der Waals surface area contributed by atoms with Crippen LogP contribution in [-0.4, -0.2) is 103 Å². The predicted molar refractivity (Wildman–Crippen MR) is 191 cm³/mol. The molecule has 2 saturated heterocycles. The lowest BCUT2D eigenvalue weighted by Crippen LogP contribution is -2.44. The molecular formula is C37H54N8O. The van der Waals surface area contributed by atoms with E-state index in [1.54, 1.807) is 0 Å². The molecule has 1 aromatic carbocycles. The summed E-state index contributed by atoms with van der Waals surface area (Å²) in [6.45, 7) is 15.1. The van der Waals surface area contributed by atoms with Gasteiger partial charge in [-0.25, -0.2) is 9.97 Å². The van der Waals surface area contributed by atoms with E-state index >= 15 is 0 Å². The number of benzene rings is 1. The van der Waals surface area contributed by atoms with Crippen LogP contribution >= 0.6 is 0 Å². The fourth-order valence-electron chi connectivity index (χ4n) is 6.71. The summed E-state index contributed by atoms with van der Waals surface area (Å²) in [5, 5.41) is 6.98. The molecule has 1 aliphatic carbocycles. The normalized spacial score (nSPS) is 19.5. The Morgan fingerprint density at radius 3 is 2.43 bits per heavy atom. The van der Waals surface area contributed by atoms with Crippen LogP contribution in [0.5, 0.6) is 0 Å². The van der Waals surface area contributed by atoms with Gasteiger partial charge in [-0.3, -0.25) is 4.90 Å². The van der Waals surface area contributed by atoms with Crippen molar-refractivity contribution in [1.82, 2.24) is 24.7 Å². The number of hydrogen-bond donors (Lipinski definition) is 1. The third-order valence-corrected chi connectivity index (χ3v) is 9.53. The van der Waals surface area contributed by atoms with Gasteiger partial charge in [0.25, 0.3) is 0 Å². The zero-order chi connectivity index (χ0) is 32.1. The molecule has 9 nitrogen and oxygen atoms in total. The number of likely N-dealkylation sites (N-methyl/N-ethyl adjacent to an activating group) is 1. The Morgan fingerprint density at radius 1 is 0.891 bits per heavy atom. The van der Waals surface area contributed by atoms with Gasteiger partial charge >= 0.3 is 0 Å². The second kappa shape index (κ2) is 17.5. The lowest BCUT2D eigenvalue weighted by Gasteiger charge is -2.34. The number of unbranched alkanes of at least 4 members (excludes halogenated alkanes) is 1. The monoisotopic (exact) mass is 626 g/mol. The van der Waals surface area contributed by atoms with E-state index < -0.39 is 0 Å². The molecule has 1 aromatic heterocycles. The molecule has 0 spiro atoms. The number of nitrogens with zero attached hydrogens (tertiary/aromatic N) is 7. The van der Waals surface area contributed by atoms with Crippen molar-refractivity contribution in [3.05, 3.63) is 76.4 Å². The van der Waals surface area contributed by atoms with Gasteiger partial charge in [0.1, 0.15) is 5.82 Å². The van der Waals surface area contributed by atoms with Gasteiger partial charge in [-0.05, 0) is 70.0 Å². The van der Waals surface area contributed by atoms with E-state index in [0.717, 1.165) is 128 Å². The molecule has 248 valence electrons. The van der Waals surface area contributed by atoms with Gasteiger partial charge in [0.2, 0.25) is 0 Å². The summed E-state index contributed by atoms with van der Waals surface area (Å²) in [6, 6.07) is 8.86. The Kier molecular flexibility index (Phi) is 12.9.